The predicted molar refractivity (Wildman–Crippen MR) is 145 cm³/mol. The normalized spacial score (nSPS) is 12.3. The quantitative estimate of drug-likeness (QED) is 0.433. The predicted octanol–water partition coefficient (Wildman–Crippen LogP) is 4.55. The lowest BCUT2D eigenvalue weighted by atomic mass is 10.1. The molecule has 2 rings (SSSR count). The van der Waals surface area contributed by atoms with Gasteiger partial charge >= 0.3 is 0 Å². The first-order valence-electron chi connectivity index (χ1n) is 11.7. The number of hydrogen-bond acceptors (Lipinski definition) is 4. The fraction of sp³-hybridized carbons (Fsp3) is 0.462. The maximum absolute atomic E-state index is 13.3. The SMILES string of the molecule is Cc1ccc(N(CCCC(=O)N(Cc2cccc(Br)c2)[C@@H](C)C(=O)NC(C)C)S(C)(=O)=O)cc1C. The standard InChI is InChI=1S/C26H36BrN3O4S/c1-18(2)28-26(32)21(5)29(17-22-9-7-10-23(27)16-22)25(31)11-8-14-30(35(6,33)34)24-13-12-19(3)20(4)15-24/h7,9-10,12-13,15-16,18,21H,8,11,14,17H2,1-6H3,(H,28,32)/t21-/m0/s1. The molecule has 9 heteroatoms. The molecule has 2 aromatic carbocycles. The molecule has 0 saturated heterocycles. The molecule has 35 heavy (non-hydrogen) atoms. The number of carbonyl (C=O) groups is 2. The third-order valence-corrected chi connectivity index (χ3v) is 7.46. The Hall–Kier alpha value is -2.39. The highest BCUT2D eigenvalue weighted by molar-refractivity contribution is 9.10. The molecule has 2 aromatic rings. The van der Waals surface area contributed by atoms with Crippen molar-refractivity contribution in [2.24, 2.45) is 0 Å². The van der Waals surface area contributed by atoms with E-state index in [1.165, 1.54) is 10.6 Å². The van der Waals surface area contributed by atoms with Gasteiger partial charge in [0.1, 0.15) is 6.04 Å². The molecule has 0 spiro atoms. The van der Waals surface area contributed by atoms with Crippen molar-refractivity contribution in [1.82, 2.24) is 10.2 Å². The number of nitrogens with zero attached hydrogens (tertiary/aromatic N) is 2. The Morgan fingerprint density at radius 3 is 2.29 bits per heavy atom. The zero-order chi connectivity index (χ0) is 26.3. The largest absolute Gasteiger partial charge is 0.352 e. The van der Waals surface area contributed by atoms with Crippen LogP contribution in [0.3, 0.4) is 0 Å². The van der Waals surface area contributed by atoms with Crippen molar-refractivity contribution in [1.29, 1.82) is 0 Å². The number of nitrogens with one attached hydrogen (secondary N) is 1. The summed E-state index contributed by atoms with van der Waals surface area (Å²) in [5.41, 5.74) is 3.55. The van der Waals surface area contributed by atoms with Crippen molar-refractivity contribution in [2.75, 3.05) is 17.1 Å². The van der Waals surface area contributed by atoms with Crippen LogP contribution in [-0.4, -0.2) is 50.0 Å². The van der Waals surface area contributed by atoms with Gasteiger partial charge in [0.2, 0.25) is 21.8 Å². The van der Waals surface area contributed by atoms with Gasteiger partial charge in [0.25, 0.3) is 0 Å². The van der Waals surface area contributed by atoms with E-state index in [2.05, 4.69) is 21.2 Å². The summed E-state index contributed by atoms with van der Waals surface area (Å²) in [4.78, 5) is 27.6. The average molecular weight is 567 g/mol. The summed E-state index contributed by atoms with van der Waals surface area (Å²) >= 11 is 3.45. The van der Waals surface area contributed by atoms with E-state index in [1.54, 1.807) is 17.9 Å². The Morgan fingerprint density at radius 1 is 1.03 bits per heavy atom. The van der Waals surface area contributed by atoms with E-state index in [-0.39, 0.29) is 37.4 Å². The molecule has 1 N–H and O–H groups in total. The van der Waals surface area contributed by atoms with E-state index < -0.39 is 16.1 Å². The number of hydrogen-bond donors (Lipinski definition) is 1. The second-order valence-corrected chi connectivity index (χ2v) is 12.0. The fourth-order valence-electron chi connectivity index (χ4n) is 3.70. The van der Waals surface area contributed by atoms with Crippen molar-refractivity contribution in [3.63, 3.8) is 0 Å². The number of halogens is 1. The maximum atomic E-state index is 13.3. The highest BCUT2D eigenvalue weighted by Crippen LogP contribution is 2.22. The molecule has 192 valence electrons. The highest BCUT2D eigenvalue weighted by atomic mass is 79.9. The Bertz CT molecular complexity index is 1150. The van der Waals surface area contributed by atoms with Crippen molar-refractivity contribution in [3.05, 3.63) is 63.6 Å². The van der Waals surface area contributed by atoms with Crippen molar-refractivity contribution >= 4 is 43.5 Å². The van der Waals surface area contributed by atoms with E-state index in [1.807, 2.05) is 64.1 Å². The van der Waals surface area contributed by atoms with E-state index in [0.29, 0.717) is 12.1 Å². The summed E-state index contributed by atoms with van der Waals surface area (Å²) in [5, 5.41) is 2.87. The fourth-order valence-corrected chi connectivity index (χ4v) is 5.11. The van der Waals surface area contributed by atoms with E-state index >= 15 is 0 Å². The van der Waals surface area contributed by atoms with Gasteiger partial charge in [-0.05, 0) is 82.0 Å². The van der Waals surface area contributed by atoms with Gasteiger partial charge < -0.3 is 10.2 Å². The Kier molecular flexibility index (Phi) is 10.3. The van der Waals surface area contributed by atoms with Gasteiger partial charge in [0, 0.05) is 30.0 Å². The van der Waals surface area contributed by atoms with Gasteiger partial charge in [0.15, 0.2) is 0 Å². The molecule has 0 aliphatic heterocycles. The van der Waals surface area contributed by atoms with Crippen LogP contribution in [-0.2, 0) is 26.2 Å². The lowest BCUT2D eigenvalue weighted by Gasteiger charge is -2.30. The summed E-state index contributed by atoms with van der Waals surface area (Å²) in [5.74, 6) is -0.429. The van der Waals surface area contributed by atoms with Crippen LogP contribution in [0.4, 0.5) is 5.69 Å². The van der Waals surface area contributed by atoms with E-state index in [0.717, 1.165) is 21.2 Å². The Morgan fingerprint density at radius 2 is 1.71 bits per heavy atom. The van der Waals surface area contributed by atoms with Gasteiger partial charge in [-0.25, -0.2) is 8.42 Å². The molecule has 0 saturated carbocycles. The lowest BCUT2D eigenvalue weighted by molar-refractivity contribution is -0.140. The van der Waals surface area contributed by atoms with Crippen LogP contribution >= 0.6 is 15.9 Å². The number of anilines is 1. The van der Waals surface area contributed by atoms with E-state index in [4.69, 9.17) is 0 Å². The molecule has 0 unspecified atom stereocenters. The molecule has 0 aromatic heterocycles. The molecule has 0 heterocycles. The number of sulfonamides is 1. The van der Waals surface area contributed by atoms with Gasteiger partial charge in [-0.1, -0.05) is 34.1 Å². The highest BCUT2D eigenvalue weighted by Gasteiger charge is 2.27. The molecule has 0 radical (unpaired) electrons. The molecule has 0 fully saturated rings. The minimum absolute atomic E-state index is 0.0472. The zero-order valence-electron chi connectivity index (χ0n) is 21.3. The summed E-state index contributed by atoms with van der Waals surface area (Å²) in [6.07, 6.45) is 1.61. The molecule has 0 bridgehead atoms. The third-order valence-electron chi connectivity index (χ3n) is 5.77. The van der Waals surface area contributed by atoms with Gasteiger partial charge in [-0.2, -0.15) is 0 Å². The molecular formula is C26H36BrN3O4S. The first kappa shape index (κ1) is 28.8. The zero-order valence-corrected chi connectivity index (χ0v) is 23.7. The summed E-state index contributed by atoms with van der Waals surface area (Å²) in [6, 6.07) is 12.4. The van der Waals surface area contributed by atoms with Crippen LogP contribution in [0.15, 0.2) is 46.9 Å². The Balaban J connectivity index is 2.19. The minimum atomic E-state index is -3.52. The average Bonchev–Trinajstić information content (AvgIpc) is 2.75. The van der Waals surface area contributed by atoms with Gasteiger partial charge in [-0.3, -0.25) is 13.9 Å². The summed E-state index contributed by atoms with van der Waals surface area (Å²) in [6.45, 7) is 9.81. The monoisotopic (exact) mass is 565 g/mol. The second-order valence-electron chi connectivity index (χ2n) is 9.20. The molecule has 7 nitrogen and oxygen atoms in total. The van der Waals surface area contributed by atoms with Crippen LogP contribution in [0.1, 0.15) is 50.3 Å². The molecule has 2 amide bonds. The van der Waals surface area contributed by atoms with Crippen molar-refractivity contribution in [3.8, 4) is 0 Å². The first-order valence-corrected chi connectivity index (χ1v) is 14.3. The first-order chi connectivity index (χ1) is 16.3. The number of benzene rings is 2. The van der Waals surface area contributed by atoms with Crippen molar-refractivity contribution < 1.29 is 18.0 Å². The van der Waals surface area contributed by atoms with Crippen LogP contribution in [0.5, 0.6) is 0 Å². The van der Waals surface area contributed by atoms with Crippen LogP contribution in [0.2, 0.25) is 0 Å². The number of amides is 2. The smallest absolute Gasteiger partial charge is 0.242 e. The number of aryl methyl sites for hydroxylation is 2. The lowest BCUT2D eigenvalue weighted by Crippen LogP contribution is -2.49. The summed E-state index contributed by atoms with van der Waals surface area (Å²) in [7, 11) is -3.52. The maximum Gasteiger partial charge on any atom is 0.242 e. The van der Waals surface area contributed by atoms with Crippen LogP contribution < -0.4 is 9.62 Å². The van der Waals surface area contributed by atoms with E-state index in [9.17, 15) is 18.0 Å². The van der Waals surface area contributed by atoms with Crippen molar-refractivity contribution in [2.45, 2.75) is 66.1 Å². The van der Waals surface area contributed by atoms with Gasteiger partial charge in [0.05, 0.1) is 11.9 Å². The molecule has 0 aliphatic rings. The van der Waals surface area contributed by atoms with Gasteiger partial charge in [-0.15, -0.1) is 0 Å². The second kappa shape index (κ2) is 12.5. The minimum Gasteiger partial charge on any atom is -0.352 e. The third kappa shape index (κ3) is 8.65. The number of carbonyl (C=O) groups excluding carboxylic acids is 2. The Labute approximate surface area is 218 Å². The number of rotatable bonds is 11. The molecule has 1 atom stereocenters. The van der Waals surface area contributed by atoms with Crippen LogP contribution in [0.25, 0.3) is 0 Å². The molecule has 0 aliphatic carbocycles. The molecular weight excluding hydrogens is 530 g/mol. The topological polar surface area (TPSA) is 86.8 Å². The summed E-state index contributed by atoms with van der Waals surface area (Å²) < 4.78 is 27.2. The van der Waals surface area contributed by atoms with Crippen LogP contribution in [0, 0.1) is 13.8 Å².